The maximum atomic E-state index is 12.4. The number of aliphatic hydroxyl groups excluding tert-OH is 1. The minimum absolute atomic E-state index is 0.0661. The number of hydrogen-bond acceptors (Lipinski definition) is 3. The van der Waals surface area contributed by atoms with Crippen LogP contribution in [0.25, 0.3) is 5.76 Å². The van der Waals surface area contributed by atoms with Crippen LogP contribution in [0.4, 0.5) is 0 Å². The van der Waals surface area contributed by atoms with Crippen molar-refractivity contribution < 1.29 is 14.7 Å². The summed E-state index contributed by atoms with van der Waals surface area (Å²) in [4.78, 5) is 24.7. The molecule has 0 bridgehead atoms. The van der Waals surface area contributed by atoms with E-state index < -0.39 is 11.6 Å². The van der Waals surface area contributed by atoms with Gasteiger partial charge in [-0.25, -0.2) is 0 Å². The minimum atomic E-state index is -0.598. The number of rotatable bonds is 8. The lowest BCUT2D eigenvalue weighted by molar-refractivity contribution is -0.112. The third-order valence-electron chi connectivity index (χ3n) is 4.41. The Balaban J connectivity index is 2.23. The summed E-state index contributed by atoms with van der Waals surface area (Å²) in [5.74, 6) is -1.48. The highest BCUT2D eigenvalue weighted by Gasteiger charge is 2.35. The van der Waals surface area contributed by atoms with E-state index in [1.54, 1.807) is 30.3 Å². The maximum Gasteiger partial charge on any atom is 0.234 e. The maximum absolute atomic E-state index is 12.4. The summed E-state index contributed by atoms with van der Waals surface area (Å²) >= 11 is 0. The molecule has 1 unspecified atom stereocenters. The smallest absolute Gasteiger partial charge is 0.234 e. The van der Waals surface area contributed by atoms with Crippen molar-refractivity contribution in [2.45, 2.75) is 45.4 Å². The number of aliphatic hydroxyl groups is 1. The summed E-state index contributed by atoms with van der Waals surface area (Å²) in [5, 5.41) is 10.5. The molecule has 3 nitrogen and oxygen atoms in total. The van der Waals surface area contributed by atoms with E-state index in [0.717, 1.165) is 19.3 Å². The Morgan fingerprint density at radius 3 is 2.35 bits per heavy atom. The molecule has 0 heterocycles. The van der Waals surface area contributed by atoms with Gasteiger partial charge in [-0.3, -0.25) is 9.59 Å². The number of unbranched alkanes of at least 4 members (excludes halogenated alkanes) is 4. The molecule has 0 spiro atoms. The van der Waals surface area contributed by atoms with Gasteiger partial charge in [-0.15, -0.1) is 6.58 Å². The number of carbonyl (C=O) groups is 2. The summed E-state index contributed by atoms with van der Waals surface area (Å²) < 4.78 is 0. The van der Waals surface area contributed by atoms with Gasteiger partial charge in [0.1, 0.15) is 5.76 Å². The van der Waals surface area contributed by atoms with E-state index in [-0.39, 0.29) is 22.8 Å². The van der Waals surface area contributed by atoms with Crippen LogP contribution in [0.1, 0.15) is 61.4 Å². The van der Waals surface area contributed by atoms with Crippen LogP contribution in [0.15, 0.2) is 42.5 Å². The Morgan fingerprint density at radius 2 is 1.70 bits per heavy atom. The lowest BCUT2D eigenvalue weighted by atomic mass is 9.80. The Labute approximate surface area is 137 Å². The van der Waals surface area contributed by atoms with Crippen LogP contribution in [0, 0.1) is 5.92 Å². The highest BCUT2D eigenvalue weighted by atomic mass is 16.3. The summed E-state index contributed by atoms with van der Waals surface area (Å²) in [6.45, 7) is 5.96. The molecular weight excluding hydrogens is 288 g/mol. The molecule has 1 N–H and O–H groups in total. The Bertz CT molecular complexity index is 640. The monoisotopic (exact) mass is 312 g/mol. The van der Waals surface area contributed by atoms with Crippen molar-refractivity contribution in [2.24, 2.45) is 5.92 Å². The van der Waals surface area contributed by atoms with Crippen LogP contribution in [-0.4, -0.2) is 16.7 Å². The molecule has 1 aromatic rings. The van der Waals surface area contributed by atoms with Crippen molar-refractivity contribution in [3.05, 3.63) is 53.6 Å². The van der Waals surface area contributed by atoms with Gasteiger partial charge in [0, 0.05) is 17.0 Å². The van der Waals surface area contributed by atoms with Gasteiger partial charge in [0.25, 0.3) is 0 Å². The van der Waals surface area contributed by atoms with Gasteiger partial charge < -0.3 is 5.11 Å². The van der Waals surface area contributed by atoms with E-state index in [4.69, 9.17) is 0 Å². The SMILES string of the molecule is C=CC(CCCCCCC)C1=C(O)c2ccccc2C(=O)C1=O. The average Bonchev–Trinajstić information content (AvgIpc) is 2.58. The Kier molecular flexibility index (Phi) is 5.91. The number of hydrogen-bond donors (Lipinski definition) is 1. The fourth-order valence-corrected chi connectivity index (χ4v) is 3.08. The fourth-order valence-electron chi connectivity index (χ4n) is 3.08. The lowest BCUT2D eigenvalue weighted by Crippen LogP contribution is -2.27. The lowest BCUT2D eigenvalue weighted by Gasteiger charge is -2.22. The normalized spacial score (nSPS) is 15.5. The van der Waals surface area contributed by atoms with Crippen LogP contribution >= 0.6 is 0 Å². The first-order chi connectivity index (χ1) is 11.1. The Hall–Kier alpha value is -2.16. The predicted octanol–water partition coefficient (Wildman–Crippen LogP) is 4.88. The fraction of sp³-hybridized carbons (Fsp3) is 0.400. The molecule has 122 valence electrons. The van der Waals surface area contributed by atoms with Crippen molar-refractivity contribution in [1.29, 1.82) is 0 Å². The topological polar surface area (TPSA) is 54.4 Å². The third-order valence-corrected chi connectivity index (χ3v) is 4.41. The van der Waals surface area contributed by atoms with Crippen molar-refractivity contribution in [3.8, 4) is 0 Å². The second-order valence-electron chi connectivity index (χ2n) is 6.01. The zero-order valence-corrected chi connectivity index (χ0v) is 13.7. The van der Waals surface area contributed by atoms with Crippen molar-refractivity contribution in [3.63, 3.8) is 0 Å². The number of fused-ring (bicyclic) bond motifs is 1. The van der Waals surface area contributed by atoms with E-state index in [0.29, 0.717) is 5.56 Å². The zero-order chi connectivity index (χ0) is 16.8. The second kappa shape index (κ2) is 7.91. The van der Waals surface area contributed by atoms with E-state index in [1.807, 2.05) is 0 Å². The molecule has 0 saturated carbocycles. The molecule has 0 aromatic heterocycles. The van der Waals surface area contributed by atoms with Crippen molar-refractivity contribution >= 4 is 17.3 Å². The third kappa shape index (κ3) is 3.61. The molecule has 0 aliphatic heterocycles. The van der Waals surface area contributed by atoms with Gasteiger partial charge in [-0.1, -0.05) is 69.4 Å². The first-order valence-electron chi connectivity index (χ1n) is 8.35. The quantitative estimate of drug-likeness (QED) is 0.422. The van der Waals surface area contributed by atoms with Crippen LogP contribution in [-0.2, 0) is 4.79 Å². The van der Waals surface area contributed by atoms with E-state index in [1.165, 1.54) is 19.3 Å². The van der Waals surface area contributed by atoms with E-state index in [2.05, 4.69) is 13.5 Å². The number of carbonyl (C=O) groups excluding carboxylic acids is 2. The number of allylic oxidation sites excluding steroid dienone is 2. The van der Waals surface area contributed by atoms with Crippen LogP contribution in [0.3, 0.4) is 0 Å². The van der Waals surface area contributed by atoms with E-state index in [9.17, 15) is 14.7 Å². The van der Waals surface area contributed by atoms with E-state index >= 15 is 0 Å². The summed E-state index contributed by atoms with van der Waals surface area (Å²) in [5.41, 5.74) is 0.939. The molecule has 1 aliphatic carbocycles. The van der Waals surface area contributed by atoms with Crippen LogP contribution in [0.5, 0.6) is 0 Å². The largest absolute Gasteiger partial charge is 0.507 e. The zero-order valence-electron chi connectivity index (χ0n) is 13.7. The molecule has 2 rings (SSSR count). The predicted molar refractivity (Wildman–Crippen MR) is 92.4 cm³/mol. The summed E-state index contributed by atoms with van der Waals surface area (Å²) in [6, 6.07) is 6.71. The number of benzene rings is 1. The number of Topliss-reactive ketones (excluding diaryl/α,β-unsaturated/α-hetero) is 2. The van der Waals surface area contributed by atoms with Gasteiger partial charge in [0.05, 0.1) is 5.57 Å². The first-order valence-corrected chi connectivity index (χ1v) is 8.35. The molecule has 1 aliphatic rings. The highest BCUT2D eigenvalue weighted by molar-refractivity contribution is 6.52. The van der Waals surface area contributed by atoms with Crippen LogP contribution in [0.2, 0.25) is 0 Å². The van der Waals surface area contributed by atoms with Crippen molar-refractivity contribution in [1.82, 2.24) is 0 Å². The summed E-state index contributed by atoms with van der Waals surface area (Å²) in [7, 11) is 0. The molecule has 0 radical (unpaired) electrons. The van der Waals surface area contributed by atoms with Gasteiger partial charge in [-0.05, 0) is 6.42 Å². The molecule has 0 amide bonds. The number of ketones is 2. The van der Waals surface area contributed by atoms with Gasteiger partial charge in [0.15, 0.2) is 0 Å². The molecule has 1 aromatic carbocycles. The highest BCUT2D eigenvalue weighted by Crippen LogP contribution is 2.34. The molecule has 1 atom stereocenters. The Morgan fingerprint density at radius 1 is 1.04 bits per heavy atom. The molecule has 0 saturated heterocycles. The van der Waals surface area contributed by atoms with Gasteiger partial charge in [0.2, 0.25) is 11.6 Å². The second-order valence-corrected chi connectivity index (χ2v) is 6.01. The molecule has 0 fully saturated rings. The van der Waals surface area contributed by atoms with Crippen LogP contribution < -0.4 is 0 Å². The van der Waals surface area contributed by atoms with Gasteiger partial charge in [-0.2, -0.15) is 0 Å². The van der Waals surface area contributed by atoms with Crippen molar-refractivity contribution in [2.75, 3.05) is 0 Å². The molecule has 23 heavy (non-hydrogen) atoms. The first kappa shape index (κ1) is 17.2. The standard InChI is InChI=1S/C20H24O3/c1-3-5-6-7-8-11-14(4-2)17-18(21)15-12-9-10-13-16(15)19(22)20(17)23/h4,9-10,12-14,21H,2-3,5-8,11H2,1H3. The van der Waals surface area contributed by atoms with Gasteiger partial charge >= 0.3 is 0 Å². The summed E-state index contributed by atoms with van der Waals surface area (Å²) in [6.07, 6.45) is 8.00. The molecular formula is C20H24O3. The average molecular weight is 312 g/mol. The minimum Gasteiger partial charge on any atom is -0.507 e. The molecule has 3 heteroatoms.